The zero-order chi connectivity index (χ0) is 28.0. The molecular weight excluding hydrogens is 526 g/mol. The zero-order valence-corrected chi connectivity index (χ0v) is 25.8. The van der Waals surface area contributed by atoms with Crippen molar-refractivity contribution in [3.8, 4) is 0 Å². The van der Waals surface area contributed by atoms with Crippen LogP contribution in [-0.4, -0.2) is 69.3 Å². The Kier molecular flexibility index (Phi) is 7.70. The van der Waals surface area contributed by atoms with Crippen molar-refractivity contribution >= 4 is 15.5 Å². The van der Waals surface area contributed by atoms with Crippen molar-refractivity contribution in [3.63, 3.8) is 0 Å². The van der Waals surface area contributed by atoms with Crippen LogP contribution >= 0.6 is 0 Å². The number of likely N-dealkylation sites (tertiary alicyclic amines) is 1. The van der Waals surface area contributed by atoms with E-state index in [0.29, 0.717) is 16.2 Å². The summed E-state index contributed by atoms with van der Waals surface area (Å²) < 4.78 is 25.1. The lowest BCUT2D eigenvalue weighted by Gasteiger charge is -2.54. The van der Waals surface area contributed by atoms with E-state index in [4.69, 9.17) is 0 Å². The van der Waals surface area contributed by atoms with Crippen LogP contribution in [0.3, 0.4) is 0 Å². The quantitative estimate of drug-likeness (QED) is 0.360. The van der Waals surface area contributed by atoms with Crippen LogP contribution in [0.1, 0.15) is 75.8 Å². The van der Waals surface area contributed by atoms with E-state index in [1.165, 1.54) is 83.4 Å². The molecule has 2 saturated heterocycles. The maximum Gasteiger partial charge on any atom is 0.181 e. The van der Waals surface area contributed by atoms with Gasteiger partial charge < -0.3 is 9.80 Å². The molecule has 5 aliphatic rings. The lowest BCUT2D eigenvalue weighted by molar-refractivity contribution is 0.0342. The number of hydrogen-bond donors (Lipinski definition) is 0. The van der Waals surface area contributed by atoms with Crippen molar-refractivity contribution in [1.29, 1.82) is 0 Å². The number of anilines is 1. The molecule has 5 nitrogen and oxygen atoms in total. The lowest BCUT2D eigenvalue weighted by Crippen LogP contribution is -2.57. The molecule has 0 spiro atoms. The fourth-order valence-electron chi connectivity index (χ4n) is 9.12. The highest BCUT2D eigenvalue weighted by atomic mass is 32.2. The Balaban J connectivity index is 0.983. The molecule has 0 bridgehead atoms. The van der Waals surface area contributed by atoms with Gasteiger partial charge in [0.1, 0.15) is 0 Å². The molecule has 7 rings (SSSR count). The molecule has 3 aliphatic heterocycles. The number of hydrogen-bond acceptors (Lipinski definition) is 5. The molecule has 0 amide bonds. The van der Waals surface area contributed by atoms with Gasteiger partial charge in [-0.25, -0.2) is 8.42 Å². The van der Waals surface area contributed by atoms with Gasteiger partial charge in [0.15, 0.2) is 9.84 Å². The van der Waals surface area contributed by atoms with Gasteiger partial charge in [-0.1, -0.05) is 44.0 Å². The van der Waals surface area contributed by atoms with Crippen LogP contribution in [0.15, 0.2) is 53.4 Å². The molecule has 41 heavy (non-hydrogen) atoms. The highest BCUT2D eigenvalue weighted by Crippen LogP contribution is 2.53. The smallest absolute Gasteiger partial charge is 0.181 e. The van der Waals surface area contributed by atoms with Crippen molar-refractivity contribution in [2.45, 2.75) is 86.8 Å². The molecular formula is C35H49N3O2S. The van der Waals surface area contributed by atoms with E-state index < -0.39 is 9.84 Å². The van der Waals surface area contributed by atoms with Gasteiger partial charge in [0.25, 0.3) is 0 Å². The first-order chi connectivity index (χ1) is 20.0. The van der Waals surface area contributed by atoms with Crippen molar-refractivity contribution in [2.24, 2.45) is 17.8 Å². The Morgan fingerprint density at radius 1 is 0.829 bits per heavy atom. The van der Waals surface area contributed by atoms with E-state index in [9.17, 15) is 8.42 Å². The summed E-state index contributed by atoms with van der Waals surface area (Å²) in [6, 6.07) is 17.2. The van der Waals surface area contributed by atoms with Crippen LogP contribution in [-0.2, 0) is 21.8 Å². The van der Waals surface area contributed by atoms with Crippen molar-refractivity contribution < 1.29 is 8.42 Å². The highest BCUT2D eigenvalue weighted by molar-refractivity contribution is 7.92. The third-order valence-electron chi connectivity index (χ3n) is 11.3. The van der Waals surface area contributed by atoms with Crippen molar-refractivity contribution in [2.75, 3.05) is 50.7 Å². The van der Waals surface area contributed by atoms with Crippen LogP contribution in [0, 0.1) is 17.8 Å². The van der Waals surface area contributed by atoms with Crippen LogP contribution in [0.2, 0.25) is 0 Å². The summed E-state index contributed by atoms with van der Waals surface area (Å²) in [7, 11) is -3.10. The summed E-state index contributed by atoms with van der Waals surface area (Å²) >= 11 is 0. The molecule has 4 fully saturated rings. The lowest BCUT2D eigenvalue weighted by atomic mass is 9.57. The maximum atomic E-state index is 12.5. The second-order valence-corrected chi connectivity index (χ2v) is 16.2. The molecule has 1 unspecified atom stereocenters. The standard InChI is InChI=1S/C35H49N3O2S/c1-2-19-37-25-28-7-3-6-10-34(28)35(26-37,29-8-4-5-9-29)30-17-20-36(21-18-30)22-27-23-38(24-27)31-11-13-32(14-12-31)41(39,40)33-15-16-33/h3,6-7,10-14,27,29-30,33H,2,4-5,8-9,15-26H2,1H3. The van der Waals surface area contributed by atoms with Crippen molar-refractivity contribution in [1.82, 2.24) is 9.80 Å². The van der Waals surface area contributed by atoms with E-state index >= 15 is 0 Å². The van der Waals surface area contributed by atoms with Crippen LogP contribution in [0.4, 0.5) is 5.69 Å². The normalized spacial score (nSPS) is 27.2. The van der Waals surface area contributed by atoms with Crippen LogP contribution in [0.5, 0.6) is 0 Å². The third-order valence-corrected chi connectivity index (χ3v) is 13.6. The molecule has 2 saturated carbocycles. The monoisotopic (exact) mass is 575 g/mol. The summed E-state index contributed by atoms with van der Waals surface area (Å²) in [6.07, 6.45) is 11.2. The van der Waals surface area contributed by atoms with Gasteiger partial charge >= 0.3 is 0 Å². The van der Waals surface area contributed by atoms with E-state index in [0.717, 1.165) is 44.3 Å². The summed E-state index contributed by atoms with van der Waals surface area (Å²) in [6.45, 7) is 11.8. The Morgan fingerprint density at radius 3 is 2.20 bits per heavy atom. The minimum atomic E-state index is -3.10. The molecule has 1 atom stereocenters. The van der Waals surface area contributed by atoms with Gasteiger partial charge in [-0.2, -0.15) is 0 Å². The van der Waals surface area contributed by atoms with E-state index in [2.05, 4.69) is 45.9 Å². The van der Waals surface area contributed by atoms with E-state index in [1.807, 2.05) is 24.3 Å². The second kappa shape index (κ2) is 11.3. The molecule has 0 aromatic heterocycles. The van der Waals surface area contributed by atoms with E-state index in [-0.39, 0.29) is 5.25 Å². The maximum absolute atomic E-state index is 12.5. The second-order valence-electron chi connectivity index (χ2n) is 14.0. The van der Waals surface area contributed by atoms with Crippen molar-refractivity contribution in [3.05, 3.63) is 59.7 Å². The van der Waals surface area contributed by atoms with Gasteiger partial charge in [0, 0.05) is 49.7 Å². The summed E-state index contributed by atoms with van der Waals surface area (Å²) in [5, 5.41) is -0.137. The first-order valence-corrected chi connectivity index (χ1v) is 18.1. The SMILES string of the molecule is CCCN1Cc2ccccc2C(C2CCCC2)(C2CCN(CC3CN(c4ccc(S(=O)(=O)C5CC5)cc4)C3)CC2)C1. The first-order valence-electron chi connectivity index (χ1n) is 16.6. The largest absolute Gasteiger partial charge is 0.371 e. The molecule has 0 radical (unpaired) electrons. The Labute approximate surface area is 248 Å². The van der Waals surface area contributed by atoms with Gasteiger partial charge in [-0.05, 0) is 112 Å². The number of fused-ring (bicyclic) bond motifs is 1. The average Bonchev–Trinajstić information content (AvgIpc) is 3.70. The fourth-order valence-corrected chi connectivity index (χ4v) is 10.8. The molecule has 2 aromatic carbocycles. The highest BCUT2D eigenvalue weighted by Gasteiger charge is 2.51. The minimum absolute atomic E-state index is 0.137. The first kappa shape index (κ1) is 27.9. The van der Waals surface area contributed by atoms with Gasteiger partial charge in [0.2, 0.25) is 0 Å². The number of sulfone groups is 1. The zero-order valence-electron chi connectivity index (χ0n) is 25.0. The van der Waals surface area contributed by atoms with Crippen LogP contribution in [0.25, 0.3) is 0 Å². The Morgan fingerprint density at radius 2 is 1.51 bits per heavy atom. The van der Waals surface area contributed by atoms with Gasteiger partial charge in [0.05, 0.1) is 10.1 Å². The molecule has 0 N–H and O–H groups in total. The molecule has 222 valence electrons. The molecule has 2 aromatic rings. The summed E-state index contributed by atoms with van der Waals surface area (Å²) in [4.78, 5) is 8.47. The molecule has 6 heteroatoms. The fraction of sp³-hybridized carbons (Fsp3) is 0.657. The van der Waals surface area contributed by atoms with Gasteiger partial charge in [-0.3, -0.25) is 4.90 Å². The average molecular weight is 576 g/mol. The van der Waals surface area contributed by atoms with Crippen LogP contribution < -0.4 is 4.90 Å². The Hall–Kier alpha value is -1.89. The number of rotatable bonds is 9. The third kappa shape index (κ3) is 5.27. The molecule has 3 heterocycles. The number of benzene rings is 2. The predicted molar refractivity (Wildman–Crippen MR) is 167 cm³/mol. The number of nitrogens with zero attached hydrogens (tertiary/aromatic N) is 3. The summed E-state index contributed by atoms with van der Waals surface area (Å²) in [5.41, 5.74) is 4.82. The Bertz CT molecular complexity index is 1300. The topological polar surface area (TPSA) is 43.9 Å². The molecule has 2 aliphatic carbocycles. The number of piperidine rings is 1. The minimum Gasteiger partial charge on any atom is -0.371 e. The summed E-state index contributed by atoms with van der Waals surface area (Å²) in [5.74, 6) is 2.33. The van der Waals surface area contributed by atoms with Gasteiger partial charge in [-0.15, -0.1) is 0 Å². The van der Waals surface area contributed by atoms with E-state index in [1.54, 1.807) is 11.1 Å². The predicted octanol–water partition coefficient (Wildman–Crippen LogP) is 6.12.